The highest BCUT2D eigenvalue weighted by molar-refractivity contribution is 5.84. The van der Waals surface area contributed by atoms with Gasteiger partial charge in [0.05, 0.1) is 5.71 Å². The van der Waals surface area contributed by atoms with E-state index in [-0.39, 0.29) is 0 Å². The van der Waals surface area contributed by atoms with Gasteiger partial charge < -0.3 is 10.3 Å². The van der Waals surface area contributed by atoms with Gasteiger partial charge in [0.1, 0.15) is 0 Å². The Bertz CT molecular complexity index is 167. The molecule has 3 nitrogen and oxygen atoms in total. The first-order chi connectivity index (χ1) is 8.35. The van der Waals surface area contributed by atoms with Crippen molar-refractivity contribution in [3.63, 3.8) is 0 Å². The van der Waals surface area contributed by atoms with E-state index in [9.17, 15) is 0 Å². The molecule has 0 unspecified atom stereocenters. The smallest absolute Gasteiger partial charge is 0.0570 e. The maximum atomic E-state index is 8.42. The molecular formula is C14H29NO2. The van der Waals surface area contributed by atoms with E-state index in [0.717, 1.165) is 25.0 Å². The van der Waals surface area contributed by atoms with Gasteiger partial charge in [-0.15, -0.1) is 0 Å². The second-order valence-corrected chi connectivity index (χ2v) is 4.72. The minimum absolute atomic E-state index is 0.367. The molecule has 0 bridgehead atoms. The zero-order chi connectivity index (χ0) is 12.8. The van der Waals surface area contributed by atoms with Crippen molar-refractivity contribution in [3.8, 4) is 0 Å². The van der Waals surface area contributed by atoms with Crippen LogP contribution in [0.4, 0.5) is 0 Å². The summed E-state index contributed by atoms with van der Waals surface area (Å²) in [5.74, 6) is 0. The van der Waals surface area contributed by atoms with Crippen LogP contribution >= 0.6 is 0 Å². The van der Waals surface area contributed by atoms with Gasteiger partial charge in [-0.1, -0.05) is 50.6 Å². The molecule has 0 heterocycles. The topological polar surface area (TPSA) is 52.8 Å². The molecule has 102 valence electrons. The molecule has 1 rings (SSSR count). The SMILES string of the molecule is CCCCCCCCO.ON=C1CCCCC1. The summed E-state index contributed by atoms with van der Waals surface area (Å²) < 4.78 is 0. The Kier molecular flexibility index (Phi) is 13.0. The molecule has 1 aliphatic carbocycles. The van der Waals surface area contributed by atoms with E-state index in [0.29, 0.717) is 6.61 Å². The van der Waals surface area contributed by atoms with Crippen LogP contribution in [0.25, 0.3) is 0 Å². The number of hydrogen-bond acceptors (Lipinski definition) is 3. The summed E-state index contributed by atoms with van der Waals surface area (Å²) in [4.78, 5) is 0. The molecule has 1 fully saturated rings. The van der Waals surface area contributed by atoms with Crippen LogP contribution in [0.5, 0.6) is 0 Å². The number of nitrogens with zero attached hydrogens (tertiary/aromatic N) is 1. The lowest BCUT2D eigenvalue weighted by molar-refractivity contribution is 0.282. The monoisotopic (exact) mass is 243 g/mol. The number of unbranched alkanes of at least 4 members (excludes halogenated alkanes) is 5. The Labute approximate surface area is 106 Å². The third kappa shape index (κ3) is 11.7. The summed E-state index contributed by atoms with van der Waals surface area (Å²) in [6.45, 7) is 2.58. The van der Waals surface area contributed by atoms with Gasteiger partial charge in [-0.25, -0.2) is 0 Å². The predicted octanol–water partition coefficient (Wildman–Crippen LogP) is 4.12. The fraction of sp³-hybridized carbons (Fsp3) is 0.929. The third-order valence-electron chi connectivity index (χ3n) is 3.08. The average Bonchev–Trinajstić information content (AvgIpc) is 2.40. The van der Waals surface area contributed by atoms with E-state index < -0.39 is 0 Å². The zero-order valence-electron chi connectivity index (χ0n) is 11.3. The highest BCUT2D eigenvalue weighted by Gasteiger charge is 2.05. The second kappa shape index (κ2) is 13.5. The van der Waals surface area contributed by atoms with E-state index in [1.165, 1.54) is 51.4 Å². The van der Waals surface area contributed by atoms with Crippen molar-refractivity contribution in [1.29, 1.82) is 0 Å². The molecule has 0 aromatic rings. The molecule has 0 aromatic heterocycles. The summed E-state index contributed by atoms with van der Waals surface area (Å²) in [5, 5.41) is 19.9. The number of aliphatic hydroxyl groups is 1. The summed E-state index contributed by atoms with van der Waals surface area (Å²) in [5.41, 5.74) is 0.983. The van der Waals surface area contributed by atoms with Crippen LogP contribution in [0.15, 0.2) is 5.16 Å². The lowest BCUT2D eigenvalue weighted by Gasteiger charge is -2.08. The van der Waals surface area contributed by atoms with E-state index >= 15 is 0 Å². The number of rotatable bonds is 6. The van der Waals surface area contributed by atoms with E-state index in [4.69, 9.17) is 10.3 Å². The summed E-state index contributed by atoms with van der Waals surface area (Å²) in [7, 11) is 0. The van der Waals surface area contributed by atoms with Gasteiger partial charge in [0, 0.05) is 6.61 Å². The molecule has 0 saturated heterocycles. The fourth-order valence-corrected chi connectivity index (χ4v) is 1.95. The Morgan fingerprint density at radius 2 is 1.53 bits per heavy atom. The lowest BCUT2D eigenvalue weighted by atomic mass is 9.99. The highest BCUT2D eigenvalue weighted by atomic mass is 16.4. The number of oxime groups is 1. The molecule has 0 amide bonds. The van der Waals surface area contributed by atoms with Crippen LogP contribution in [0, 0.1) is 0 Å². The van der Waals surface area contributed by atoms with Crippen LogP contribution < -0.4 is 0 Å². The second-order valence-electron chi connectivity index (χ2n) is 4.72. The summed E-state index contributed by atoms with van der Waals surface area (Å²) >= 11 is 0. The highest BCUT2D eigenvalue weighted by Crippen LogP contribution is 2.13. The molecule has 2 N–H and O–H groups in total. The Morgan fingerprint density at radius 3 is 2.00 bits per heavy atom. The van der Waals surface area contributed by atoms with Crippen molar-refractivity contribution in [2.75, 3.05) is 6.61 Å². The van der Waals surface area contributed by atoms with Crippen LogP contribution in [0.3, 0.4) is 0 Å². The van der Waals surface area contributed by atoms with Gasteiger partial charge in [0.15, 0.2) is 0 Å². The van der Waals surface area contributed by atoms with Crippen molar-refractivity contribution in [2.45, 2.75) is 77.6 Å². The average molecular weight is 243 g/mol. The maximum absolute atomic E-state index is 8.42. The van der Waals surface area contributed by atoms with Crippen LogP contribution in [-0.4, -0.2) is 22.6 Å². The van der Waals surface area contributed by atoms with Gasteiger partial charge in [-0.05, 0) is 32.1 Å². The van der Waals surface area contributed by atoms with Gasteiger partial charge >= 0.3 is 0 Å². The number of hydrogen-bond donors (Lipinski definition) is 2. The van der Waals surface area contributed by atoms with E-state index in [1.807, 2.05) is 0 Å². The Morgan fingerprint density at radius 1 is 0.941 bits per heavy atom. The molecule has 0 spiro atoms. The van der Waals surface area contributed by atoms with Crippen molar-refractivity contribution in [1.82, 2.24) is 0 Å². The van der Waals surface area contributed by atoms with Crippen molar-refractivity contribution < 1.29 is 10.3 Å². The minimum atomic E-state index is 0.367. The predicted molar refractivity (Wildman–Crippen MR) is 72.8 cm³/mol. The summed E-state index contributed by atoms with van der Waals surface area (Å²) in [6, 6.07) is 0. The zero-order valence-corrected chi connectivity index (χ0v) is 11.3. The molecule has 1 aliphatic rings. The van der Waals surface area contributed by atoms with Crippen molar-refractivity contribution in [3.05, 3.63) is 0 Å². The van der Waals surface area contributed by atoms with Crippen LogP contribution in [0.2, 0.25) is 0 Å². The van der Waals surface area contributed by atoms with Gasteiger partial charge in [0.2, 0.25) is 0 Å². The van der Waals surface area contributed by atoms with Crippen LogP contribution in [-0.2, 0) is 0 Å². The fourth-order valence-electron chi connectivity index (χ4n) is 1.95. The summed E-state index contributed by atoms with van der Waals surface area (Å²) in [6.07, 6.45) is 13.2. The quantitative estimate of drug-likeness (QED) is 0.419. The minimum Gasteiger partial charge on any atom is -0.411 e. The van der Waals surface area contributed by atoms with Crippen molar-refractivity contribution >= 4 is 5.71 Å². The van der Waals surface area contributed by atoms with Gasteiger partial charge in [0.25, 0.3) is 0 Å². The van der Waals surface area contributed by atoms with Crippen molar-refractivity contribution in [2.24, 2.45) is 5.16 Å². The first-order valence-corrected chi connectivity index (χ1v) is 7.15. The molecule has 17 heavy (non-hydrogen) atoms. The molecule has 0 atom stereocenters. The number of aliphatic hydroxyl groups excluding tert-OH is 1. The Hall–Kier alpha value is -0.570. The molecule has 0 radical (unpaired) electrons. The third-order valence-corrected chi connectivity index (χ3v) is 3.08. The van der Waals surface area contributed by atoms with E-state index in [2.05, 4.69) is 12.1 Å². The lowest BCUT2D eigenvalue weighted by Crippen LogP contribution is -2.03. The maximum Gasteiger partial charge on any atom is 0.0570 e. The van der Waals surface area contributed by atoms with Gasteiger partial charge in [-0.2, -0.15) is 0 Å². The molecule has 1 saturated carbocycles. The largest absolute Gasteiger partial charge is 0.411 e. The normalized spacial score (nSPS) is 15.1. The standard InChI is InChI=1S/C8H18O.C6H11NO/c1-2-3-4-5-6-7-8-9;8-7-6-4-2-1-3-5-6/h9H,2-8H2,1H3;8H,1-5H2. The molecule has 0 aromatic carbocycles. The van der Waals surface area contributed by atoms with Crippen LogP contribution in [0.1, 0.15) is 77.6 Å². The van der Waals surface area contributed by atoms with E-state index in [1.54, 1.807) is 0 Å². The first-order valence-electron chi connectivity index (χ1n) is 7.15. The molecule has 0 aliphatic heterocycles. The Balaban J connectivity index is 0.000000302. The molecule has 3 heteroatoms. The van der Waals surface area contributed by atoms with Gasteiger partial charge in [-0.3, -0.25) is 0 Å². The molecular weight excluding hydrogens is 214 g/mol. The first kappa shape index (κ1) is 16.4.